The van der Waals surface area contributed by atoms with Crippen LogP contribution in [0.5, 0.6) is 0 Å². The quantitative estimate of drug-likeness (QED) is 0.478. The van der Waals surface area contributed by atoms with Crippen LogP contribution in [0.4, 0.5) is 0 Å². The van der Waals surface area contributed by atoms with Crippen molar-refractivity contribution < 1.29 is 0 Å². The minimum absolute atomic E-state index is 0.620. The molecule has 2 rings (SSSR count). The molecule has 3 atom stereocenters. The van der Waals surface area contributed by atoms with Crippen molar-refractivity contribution in [3.63, 3.8) is 0 Å². The lowest BCUT2D eigenvalue weighted by atomic mass is 9.64. The zero-order chi connectivity index (χ0) is 8.77. The van der Waals surface area contributed by atoms with Gasteiger partial charge in [-0.15, -0.1) is 0 Å². The molecule has 68 valence electrons. The van der Waals surface area contributed by atoms with E-state index in [4.69, 9.17) is 0 Å². The van der Waals surface area contributed by atoms with Crippen molar-refractivity contribution in [2.24, 2.45) is 17.3 Å². The zero-order valence-corrected chi connectivity index (χ0v) is 8.40. The summed E-state index contributed by atoms with van der Waals surface area (Å²) in [5, 5.41) is 0. The molecule has 0 aromatic carbocycles. The third kappa shape index (κ3) is 0.967. The summed E-state index contributed by atoms with van der Waals surface area (Å²) in [5.41, 5.74) is 2.17. The second-order valence-electron chi connectivity index (χ2n) is 5.05. The van der Waals surface area contributed by atoms with E-state index in [1.165, 1.54) is 32.1 Å². The summed E-state index contributed by atoms with van der Waals surface area (Å²) < 4.78 is 0. The number of hydrogen-bond donors (Lipinski definition) is 0. The molecule has 0 nitrogen and oxygen atoms in total. The molecule has 0 spiro atoms. The maximum Gasteiger partial charge on any atom is -0.0149 e. The van der Waals surface area contributed by atoms with E-state index in [2.05, 4.69) is 20.4 Å². The van der Waals surface area contributed by atoms with Gasteiger partial charge in [-0.2, -0.15) is 0 Å². The first-order valence-electron chi connectivity index (χ1n) is 5.32. The van der Waals surface area contributed by atoms with Gasteiger partial charge >= 0.3 is 0 Å². The van der Waals surface area contributed by atoms with Crippen LogP contribution in [-0.2, 0) is 0 Å². The lowest BCUT2D eigenvalue weighted by Crippen LogP contribution is -2.31. The molecule has 0 N–H and O–H groups in total. The van der Waals surface area contributed by atoms with E-state index in [0.717, 1.165) is 11.8 Å². The van der Waals surface area contributed by atoms with E-state index < -0.39 is 0 Å². The molecule has 2 fully saturated rings. The summed E-state index contributed by atoms with van der Waals surface area (Å²) in [7, 11) is 0. The highest BCUT2D eigenvalue weighted by molar-refractivity contribution is 5.14. The summed E-state index contributed by atoms with van der Waals surface area (Å²) in [4.78, 5) is 0. The van der Waals surface area contributed by atoms with Crippen molar-refractivity contribution in [3.05, 3.63) is 12.2 Å². The minimum atomic E-state index is 0.620. The summed E-state index contributed by atoms with van der Waals surface area (Å²) in [6.07, 6.45) is 6.97. The smallest absolute Gasteiger partial charge is 0.0149 e. The fourth-order valence-electron chi connectivity index (χ4n) is 3.38. The average molecular weight is 164 g/mol. The van der Waals surface area contributed by atoms with Gasteiger partial charge in [0, 0.05) is 0 Å². The van der Waals surface area contributed by atoms with Crippen molar-refractivity contribution in [1.82, 2.24) is 0 Å². The lowest BCUT2D eigenvalue weighted by Gasteiger charge is -2.40. The van der Waals surface area contributed by atoms with Gasteiger partial charge in [-0.3, -0.25) is 0 Å². The topological polar surface area (TPSA) is 0 Å². The first kappa shape index (κ1) is 8.34. The molecule has 0 aromatic heterocycles. The summed E-state index contributed by atoms with van der Waals surface area (Å²) in [5.74, 6) is 1.79. The second kappa shape index (κ2) is 2.61. The molecule has 0 amide bonds. The molecular weight excluding hydrogens is 144 g/mol. The Morgan fingerprint density at radius 3 is 2.83 bits per heavy atom. The second-order valence-corrected chi connectivity index (χ2v) is 5.05. The number of fused-ring (bicyclic) bond motifs is 1. The molecule has 0 aliphatic heterocycles. The van der Waals surface area contributed by atoms with Crippen LogP contribution in [0.15, 0.2) is 12.2 Å². The Bertz CT molecular complexity index is 204. The predicted octanol–water partition coefficient (Wildman–Crippen LogP) is 3.78. The van der Waals surface area contributed by atoms with E-state index in [-0.39, 0.29) is 0 Å². The van der Waals surface area contributed by atoms with Gasteiger partial charge in [0.05, 0.1) is 0 Å². The van der Waals surface area contributed by atoms with Crippen molar-refractivity contribution in [1.29, 1.82) is 0 Å². The van der Waals surface area contributed by atoms with Gasteiger partial charge in [0.15, 0.2) is 0 Å². The Morgan fingerprint density at radius 1 is 1.42 bits per heavy atom. The normalized spacial score (nSPS) is 47.7. The van der Waals surface area contributed by atoms with Crippen molar-refractivity contribution in [2.45, 2.75) is 46.0 Å². The zero-order valence-electron chi connectivity index (χ0n) is 8.40. The first-order valence-corrected chi connectivity index (χ1v) is 5.32. The van der Waals surface area contributed by atoms with Gasteiger partial charge in [0.2, 0.25) is 0 Å². The fraction of sp³-hybridized carbons (Fsp3) is 0.833. The van der Waals surface area contributed by atoms with Crippen molar-refractivity contribution in [3.8, 4) is 0 Å². The van der Waals surface area contributed by atoms with Gasteiger partial charge < -0.3 is 0 Å². The summed E-state index contributed by atoms with van der Waals surface area (Å²) >= 11 is 0. The molecule has 0 heterocycles. The predicted molar refractivity (Wildman–Crippen MR) is 53.0 cm³/mol. The van der Waals surface area contributed by atoms with E-state index in [0.29, 0.717) is 5.41 Å². The van der Waals surface area contributed by atoms with Crippen LogP contribution in [0, 0.1) is 17.3 Å². The molecule has 0 saturated heterocycles. The fourth-order valence-corrected chi connectivity index (χ4v) is 3.38. The molecule has 2 aliphatic rings. The van der Waals surface area contributed by atoms with Crippen LogP contribution in [0.25, 0.3) is 0 Å². The standard InChI is InChI=1S/C12H20/c1-9-5-4-8-12(3)10(2)6-7-11(9)12/h10-11H,1,4-8H2,2-3H3/t10?,11-,12?/m0/s1. The van der Waals surface area contributed by atoms with Gasteiger partial charge in [-0.05, 0) is 49.4 Å². The maximum absolute atomic E-state index is 4.24. The van der Waals surface area contributed by atoms with Crippen molar-refractivity contribution >= 4 is 0 Å². The molecule has 2 unspecified atom stereocenters. The first-order chi connectivity index (χ1) is 5.64. The Hall–Kier alpha value is -0.260. The highest BCUT2D eigenvalue weighted by Crippen LogP contribution is 2.56. The molecule has 0 bridgehead atoms. The lowest BCUT2D eigenvalue weighted by molar-refractivity contribution is 0.147. The number of rotatable bonds is 0. The molecule has 12 heavy (non-hydrogen) atoms. The molecular formula is C12H20. The van der Waals surface area contributed by atoms with E-state index >= 15 is 0 Å². The monoisotopic (exact) mass is 164 g/mol. The maximum atomic E-state index is 4.24. The van der Waals surface area contributed by atoms with Crippen LogP contribution < -0.4 is 0 Å². The molecule has 0 heteroatoms. The van der Waals surface area contributed by atoms with Gasteiger partial charge in [0.25, 0.3) is 0 Å². The highest BCUT2D eigenvalue weighted by Gasteiger charge is 2.46. The Kier molecular flexibility index (Phi) is 1.82. The third-order valence-electron chi connectivity index (χ3n) is 4.52. The van der Waals surface area contributed by atoms with Crippen LogP contribution in [0.3, 0.4) is 0 Å². The molecule has 2 saturated carbocycles. The number of hydrogen-bond acceptors (Lipinski definition) is 0. The van der Waals surface area contributed by atoms with Crippen LogP contribution in [0.1, 0.15) is 46.0 Å². The van der Waals surface area contributed by atoms with Gasteiger partial charge in [0.1, 0.15) is 0 Å². The Morgan fingerprint density at radius 2 is 2.17 bits per heavy atom. The minimum Gasteiger partial charge on any atom is -0.0996 e. The molecule has 2 aliphatic carbocycles. The highest BCUT2D eigenvalue weighted by atomic mass is 14.5. The Labute approximate surface area is 76.1 Å². The largest absolute Gasteiger partial charge is 0.0996 e. The number of allylic oxidation sites excluding steroid dienone is 1. The third-order valence-corrected chi connectivity index (χ3v) is 4.52. The molecule has 0 aromatic rings. The average Bonchev–Trinajstić information content (AvgIpc) is 2.30. The van der Waals surface area contributed by atoms with Gasteiger partial charge in [-0.25, -0.2) is 0 Å². The van der Waals surface area contributed by atoms with Crippen LogP contribution in [0.2, 0.25) is 0 Å². The Balaban J connectivity index is 2.26. The van der Waals surface area contributed by atoms with Crippen LogP contribution >= 0.6 is 0 Å². The van der Waals surface area contributed by atoms with Crippen molar-refractivity contribution in [2.75, 3.05) is 0 Å². The molecule has 0 radical (unpaired) electrons. The van der Waals surface area contributed by atoms with E-state index in [1.54, 1.807) is 5.57 Å². The van der Waals surface area contributed by atoms with Gasteiger partial charge in [-0.1, -0.05) is 26.0 Å². The summed E-state index contributed by atoms with van der Waals surface area (Å²) in [6.45, 7) is 9.15. The van der Waals surface area contributed by atoms with Crippen LogP contribution in [-0.4, -0.2) is 0 Å². The van der Waals surface area contributed by atoms with E-state index in [9.17, 15) is 0 Å². The SMILES string of the molecule is C=C1CCCC2(C)C(C)CC[C@@H]12. The van der Waals surface area contributed by atoms with E-state index in [1.807, 2.05) is 0 Å². The summed E-state index contributed by atoms with van der Waals surface area (Å²) in [6, 6.07) is 0.